The third-order valence-corrected chi connectivity index (χ3v) is 5.21. The third kappa shape index (κ3) is 6.60. The molecule has 4 rings (SSSR count). The Balaban J connectivity index is 1.40. The molecule has 0 fully saturated rings. The zero-order valence-corrected chi connectivity index (χ0v) is 19.2. The van der Waals surface area contributed by atoms with Crippen molar-refractivity contribution in [1.29, 1.82) is 0 Å². The molecule has 0 saturated heterocycles. The number of fused-ring (bicyclic) bond motifs is 1. The zero-order valence-electron chi connectivity index (χ0n) is 19.2. The smallest absolute Gasteiger partial charge is 0.408 e. The Morgan fingerprint density at radius 2 is 2.03 bits per heavy atom. The monoisotopic (exact) mass is 488 g/mol. The van der Waals surface area contributed by atoms with E-state index in [1.807, 2.05) is 6.07 Å². The van der Waals surface area contributed by atoms with Gasteiger partial charge in [0, 0.05) is 18.5 Å². The van der Waals surface area contributed by atoms with E-state index in [2.05, 4.69) is 42.8 Å². The van der Waals surface area contributed by atoms with Crippen LogP contribution in [-0.2, 0) is 22.6 Å². The lowest BCUT2D eigenvalue weighted by Crippen LogP contribution is -2.43. The number of ether oxygens (including phenoxy) is 1. The molecule has 2 aromatic carbocycles. The predicted molar refractivity (Wildman–Crippen MR) is 132 cm³/mol. The van der Waals surface area contributed by atoms with Crippen LogP contribution in [0, 0.1) is 11.8 Å². The van der Waals surface area contributed by atoms with Crippen LogP contribution in [0.1, 0.15) is 17.0 Å². The minimum absolute atomic E-state index is 0.00298. The number of alkyl carbamates (subject to hydrolysis) is 1. The van der Waals surface area contributed by atoms with Gasteiger partial charge in [0.2, 0.25) is 0 Å². The number of hydrogen-bond donors (Lipinski definition) is 5. The number of carbonyl (C=O) groups is 2. The Kier molecular flexibility index (Phi) is 7.77. The normalized spacial score (nSPS) is 13.1. The number of nitrogens with one attached hydrogen (secondary N) is 4. The average Bonchev–Trinajstić information content (AvgIpc) is 3.39. The second kappa shape index (κ2) is 11.5. The number of aliphatic imine (C=N–C) groups is 1. The van der Waals surface area contributed by atoms with E-state index in [4.69, 9.17) is 4.74 Å². The maximum atomic E-state index is 12.6. The van der Waals surface area contributed by atoms with E-state index < -0.39 is 23.7 Å². The van der Waals surface area contributed by atoms with E-state index in [0.717, 1.165) is 24.6 Å². The SMILES string of the molecule is O=C(N[C@@H](Cc1nc2ccc(C#CCNC3=NCCN3)cc2c(=O)[nH]1)C(=O)O)OCc1ccccc1. The number of aromatic amines is 1. The Morgan fingerprint density at radius 3 is 2.78 bits per heavy atom. The van der Waals surface area contributed by atoms with Gasteiger partial charge in [0.05, 0.1) is 24.0 Å². The van der Waals surface area contributed by atoms with Crippen molar-refractivity contribution in [3.8, 4) is 11.8 Å². The fourth-order valence-electron chi connectivity index (χ4n) is 3.45. The van der Waals surface area contributed by atoms with E-state index in [-0.39, 0.29) is 18.9 Å². The number of H-pyrrole nitrogens is 1. The lowest BCUT2D eigenvalue weighted by molar-refractivity contribution is -0.139. The molecule has 184 valence electrons. The first-order valence-electron chi connectivity index (χ1n) is 11.2. The molecule has 1 aliphatic heterocycles. The second-order valence-corrected chi connectivity index (χ2v) is 7.86. The molecule has 0 unspecified atom stereocenters. The van der Waals surface area contributed by atoms with Crippen molar-refractivity contribution in [3.05, 3.63) is 75.8 Å². The van der Waals surface area contributed by atoms with Gasteiger partial charge < -0.3 is 30.8 Å². The van der Waals surface area contributed by atoms with E-state index in [1.54, 1.807) is 42.5 Å². The number of aromatic nitrogens is 2. The van der Waals surface area contributed by atoms with Crippen molar-refractivity contribution in [2.45, 2.75) is 19.1 Å². The van der Waals surface area contributed by atoms with Gasteiger partial charge in [-0.05, 0) is 23.8 Å². The summed E-state index contributed by atoms with van der Waals surface area (Å²) in [5, 5.41) is 18.3. The number of carboxylic acid groups (broad SMARTS) is 1. The Bertz CT molecular complexity index is 1410. The summed E-state index contributed by atoms with van der Waals surface area (Å²) in [5.41, 5.74) is 1.35. The predicted octanol–water partition coefficient (Wildman–Crippen LogP) is 0.746. The molecule has 1 aromatic heterocycles. The van der Waals surface area contributed by atoms with E-state index in [0.29, 0.717) is 23.0 Å². The van der Waals surface area contributed by atoms with Crippen LogP contribution in [0.4, 0.5) is 4.79 Å². The minimum atomic E-state index is -1.34. The molecular weight excluding hydrogens is 464 g/mol. The molecule has 5 N–H and O–H groups in total. The van der Waals surface area contributed by atoms with Crippen molar-refractivity contribution >= 4 is 28.9 Å². The van der Waals surface area contributed by atoms with Gasteiger partial charge in [-0.25, -0.2) is 14.6 Å². The number of carboxylic acids is 1. The molecule has 1 aliphatic rings. The summed E-state index contributed by atoms with van der Waals surface area (Å²) < 4.78 is 5.09. The van der Waals surface area contributed by atoms with Gasteiger partial charge in [-0.15, -0.1) is 0 Å². The van der Waals surface area contributed by atoms with Gasteiger partial charge in [-0.1, -0.05) is 42.2 Å². The highest BCUT2D eigenvalue weighted by Crippen LogP contribution is 2.11. The first kappa shape index (κ1) is 24.3. The molecule has 2 heterocycles. The van der Waals surface area contributed by atoms with Crippen molar-refractivity contribution in [3.63, 3.8) is 0 Å². The van der Waals surface area contributed by atoms with Gasteiger partial charge in [-0.2, -0.15) is 0 Å². The van der Waals surface area contributed by atoms with Crippen molar-refractivity contribution in [1.82, 2.24) is 25.9 Å². The number of nitrogens with zero attached hydrogens (tertiary/aromatic N) is 2. The average molecular weight is 489 g/mol. The number of rotatable bonds is 7. The molecule has 0 radical (unpaired) electrons. The number of carbonyl (C=O) groups excluding carboxylic acids is 1. The molecule has 0 spiro atoms. The van der Waals surface area contributed by atoms with Gasteiger partial charge in [-0.3, -0.25) is 9.79 Å². The highest BCUT2D eigenvalue weighted by molar-refractivity contribution is 5.82. The topological polar surface area (TPSA) is 158 Å². The first-order valence-corrected chi connectivity index (χ1v) is 11.2. The fraction of sp³-hybridized carbons (Fsp3) is 0.240. The molecule has 0 saturated carbocycles. The molecule has 1 atom stereocenters. The Hall–Kier alpha value is -4.85. The largest absolute Gasteiger partial charge is 0.480 e. The minimum Gasteiger partial charge on any atom is -0.480 e. The van der Waals surface area contributed by atoms with Crippen LogP contribution < -0.4 is 21.5 Å². The van der Waals surface area contributed by atoms with Crippen LogP contribution in [0.5, 0.6) is 0 Å². The summed E-state index contributed by atoms with van der Waals surface area (Å²) in [6, 6.07) is 12.6. The van der Waals surface area contributed by atoms with Crippen molar-refractivity contribution in [2.75, 3.05) is 19.6 Å². The number of amides is 1. The van der Waals surface area contributed by atoms with Gasteiger partial charge in [0.25, 0.3) is 5.56 Å². The lowest BCUT2D eigenvalue weighted by atomic mass is 10.1. The molecule has 11 nitrogen and oxygen atoms in total. The highest BCUT2D eigenvalue weighted by Gasteiger charge is 2.23. The quantitative estimate of drug-likeness (QED) is 0.305. The summed E-state index contributed by atoms with van der Waals surface area (Å²) in [4.78, 5) is 47.6. The van der Waals surface area contributed by atoms with Crippen molar-refractivity contribution < 1.29 is 19.4 Å². The summed E-state index contributed by atoms with van der Waals surface area (Å²) in [7, 11) is 0. The maximum Gasteiger partial charge on any atom is 0.408 e. The summed E-state index contributed by atoms with van der Waals surface area (Å²) in [5.74, 6) is 5.50. The van der Waals surface area contributed by atoms with E-state index in [1.165, 1.54) is 0 Å². The van der Waals surface area contributed by atoms with Crippen LogP contribution in [0.3, 0.4) is 0 Å². The van der Waals surface area contributed by atoms with Crippen LogP contribution in [0.2, 0.25) is 0 Å². The summed E-state index contributed by atoms with van der Waals surface area (Å²) in [6.07, 6.45) is -1.12. The molecule has 1 amide bonds. The van der Waals surface area contributed by atoms with Crippen LogP contribution in [0.15, 0.2) is 58.3 Å². The molecule has 0 aliphatic carbocycles. The molecule has 11 heteroatoms. The van der Waals surface area contributed by atoms with Crippen LogP contribution in [-0.4, -0.2) is 58.8 Å². The molecule has 36 heavy (non-hydrogen) atoms. The molecule has 0 bridgehead atoms. The summed E-state index contributed by atoms with van der Waals surface area (Å²) in [6.45, 7) is 1.94. The number of aliphatic carboxylic acids is 1. The zero-order chi connectivity index (χ0) is 25.3. The Labute approximate surface area is 206 Å². The molecule has 3 aromatic rings. The van der Waals surface area contributed by atoms with Gasteiger partial charge >= 0.3 is 12.1 Å². The van der Waals surface area contributed by atoms with Gasteiger partial charge in [0.1, 0.15) is 18.5 Å². The number of hydrogen-bond acceptors (Lipinski definition) is 8. The number of benzene rings is 2. The maximum absolute atomic E-state index is 12.6. The van der Waals surface area contributed by atoms with Crippen molar-refractivity contribution in [2.24, 2.45) is 4.99 Å². The number of guanidine groups is 1. The van der Waals surface area contributed by atoms with Crippen LogP contribution >= 0.6 is 0 Å². The summed E-state index contributed by atoms with van der Waals surface area (Å²) >= 11 is 0. The molecular formula is C25H24N6O5. The van der Waals surface area contributed by atoms with E-state index >= 15 is 0 Å². The Morgan fingerprint density at radius 1 is 1.19 bits per heavy atom. The first-order chi connectivity index (χ1) is 17.5. The standard InChI is InChI=1S/C25H24N6O5/c32-22-18-13-16(7-4-10-26-24-27-11-12-28-24)8-9-19(18)29-21(31-22)14-20(23(33)34)30-25(35)36-15-17-5-2-1-3-6-17/h1-3,5-6,8-9,13,20H,10-12,14-15H2,(H,30,35)(H,33,34)(H2,26,27,28)(H,29,31,32)/t20-/m0/s1. The van der Waals surface area contributed by atoms with Crippen LogP contribution in [0.25, 0.3) is 10.9 Å². The van der Waals surface area contributed by atoms with E-state index in [9.17, 15) is 19.5 Å². The fourth-order valence-corrected chi connectivity index (χ4v) is 3.45. The van der Waals surface area contributed by atoms with Gasteiger partial charge in [0.15, 0.2) is 5.96 Å². The third-order valence-electron chi connectivity index (χ3n) is 5.21. The highest BCUT2D eigenvalue weighted by atomic mass is 16.5. The lowest BCUT2D eigenvalue weighted by Gasteiger charge is -2.14. The second-order valence-electron chi connectivity index (χ2n) is 7.86.